The molecular weight excluding hydrogens is 669 g/mol. The molecule has 290 valence electrons. The third-order valence-electron chi connectivity index (χ3n) is 10.8. The molecule has 0 bridgehead atoms. The van der Waals surface area contributed by atoms with E-state index in [1.165, 1.54) is 63.8 Å². The Morgan fingerprint density at radius 1 is 0.630 bits per heavy atom. The van der Waals surface area contributed by atoms with Crippen LogP contribution in [0.5, 0.6) is 5.75 Å². The minimum Gasteiger partial charge on any atom is -0.493 e. The van der Waals surface area contributed by atoms with E-state index in [9.17, 15) is 15.0 Å². The zero-order valence-corrected chi connectivity index (χ0v) is 33.6. The van der Waals surface area contributed by atoms with E-state index in [-0.39, 0.29) is 19.2 Å². The summed E-state index contributed by atoms with van der Waals surface area (Å²) in [5.74, 6) is 0.398. The lowest BCUT2D eigenvalue weighted by Crippen LogP contribution is -2.32. The molecule has 0 aliphatic heterocycles. The van der Waals surface area contributed by atoms with Gasteiger partial charge in [-0.3, -0.25) is 0 Å². The van der Waals surface area contributed by atoms with Crippen LogP contribution in [0.1, 0.15) is 108 Å². The van der Waals surface area contributed by atoms with E-state index in [1.807, 2.05) is 6.07 Å². The van der Waals surface area contributed by atoms with Gasteiger partial charge in [0.25, 0.3) is 0 Å². The van der Waals surface area contributed by atoms with Crippen molar-refractivity contribution in [2.24, 2.45) is 5.41 Å². The normalized spacial score (nSPS) is 11.5. The summed E-state index contributed by atoms with van der Waals surface area (Å²) in [6, 6.07) is 29.2. The number of unbranched alkanes of at least 4 members (excludes halogenated alkanes) is 3. The highest BCUT2D eigenvalue weighted by atomic mass is 16.5. The van der Waals surface area contributed by atoms with Crippen LogP contribution < -0.4 is 4.74 Å². The fraction of sp³-hybridized carbons (Fsp3) is 0.449. The van der Waals surface area contributed by atoms with Gasteiger partial charge >= 0.3 is 5.97 Å². The standard InChI is InChI=1S/C49H64O5/c1-7-11-13-15-37-17-19-40(20-18-37)45-24-21-41(31-38(45)9-3)42-22-25-46(39(10-4)32-42)43-23-26-47(44(33-43)16-14-29-54-48(52)36(5)6)53-30-28-49(34-50,35-51)27-12-8-2/h17-26,31-33,50-51H,5,7-16,27-30,34-35H2,1-4,6H3. The number of carbonyl (C=O) groups is 1. The Hall–Kier alpha value is -4.19. The lowest BCUT2D eigenvalue weighted by Gasteiger charge is -2.30. The lowest BCUT2D eigenvalue weighted by atomic mass is 9.81. The van der Waals surface area contributed by atoms with Crippen molar-refractivity contribution in [1.29, 1.82) is 0 Å². The Kier molecular flexibility index (Phi) is 17.0. The van der Waals surface area contributed by atoms with Crippen molar-refractivity contribution in [3.05, 3.63) is 113 Å². The molecule has 4 rings (SSSR count). The van der Waals surface area contributed by atoms with Crippen molar-refractivity contribution in [1.82, 2.24) is 0 Å². The molecular formula is C49H64O5. The summed E-state index contributed by atoms with van der Waals surface area (Å²) in [6.45, 7) is 14.7. The molecule has 0 radical (unpaired) electrons. The monoisotopic (exact) mass is 732 g/mol. The lowest BCUT2D eigenvalue weighted by molar-refractivity contribution is -0.139. The first-order chi connectivity index (χ1) is 26.2. The average Bonchev–Trinajstić information content (AvgIpc) is 3.21. The summed E-state index contributed by atoms with van der Waals surface area (Å²) in [7, 11) is 0. The van der Waals surface area contributed by atoms with Crippen LogP contribution in [0.25, 0.3) is 33.4 Å². The number of benzene rings is 4. The van der Waals surface area contributed by atoms with Crippen LogP contribution >= 0.6 is 0 Å². The van der Waals surface area contributed by atoms with E-state index >= 15 is 0 Å². The van der Waals surface area contributed by atoms with Crippen molar-refractivity contribution in [3.8, 4) is 39.1 Å². The Balaban J connectivity index is 1.58. The van der Waals surface area contributed by atoms with Gasteiger partial charge in [0.2, 0.25) is 0 Å². The molecule has 0 aromatic heterocycles. The third-order valence-corrected chi connectivity index (χ3v) is 10.8. The Morgan fingerprint density at radius 2 is 1.20 bits per heavy atom. The second-order valence-electron chi connectivity index (χ2n) is 15.0. The molecule has 4 aromatic carbocycles. The van der Waals surface area contributed by atoms with Crippen molar-refractivity contribution < 1.29 is 24.5 Å². The van der Waals surface area contributed by atoms with Gasteiger partial charge in [0, 0.05) is 11.0 Å². The van der Waals surface area contributed by atoms with Gasteiger partial charge in [-0.1, -0.05) is 127 Å². The van der Waals surface area contributed by atoms with Gasteiger partial charge in [-0.05, 0) is 126 Å². The highest BCUT2D eigenvalue weighted by Crippen LogP contribution is 2.36. The molecule has 0 saturated heterocycles. The molecule has 0 spiro atoms. The molecule has 5 nitrogen and oxygen atoms in total. The maximum atomic E-state index is 12.0. The molecule has 5 heteroatoms. The van der Waals surface area contributed by atoms with E-state index in [1.54, 1.807) is 6.92 Å². The first kappa shape index (κ1) is 42.6. The molecule has 0 fully saturated rings. The zero-order valence-electron chi connectivity index (χ0n) is 33.6. The first-order valence-electron chi connectivity index (χ1n) is 20.4. The van der Waals surface area contributed by atoms with Crippen LogP contribution in [0, 0.1) is 5.41 Å². The van der Waals surface area contributed by atoms with Crippen LogP contribution in [0.4, 0.5) is 0 Å². The average molecular weight is 733 g/mol. The first-order valence-corrected chi connectivity index (χ1v) is 20.4. The quantitative estimate of drug-likeness (QED) is 0.0451. The van der Waals surface area contributed by atoms with Crippen molar-refractivity contribution in [2.45, 2.75) is 112 Å². The number of esters is 1. The highest BCUT2D eigenvalue weighted by molar-refractivity contribution is 5.86. The van der Waals surface area contributed by atoms with Gasteiger partial charge in [0.05, 0.1) is 26.4 Å². The van der Waals surface area contributed by atoms with Gasteiger partial charge in [-0.15, -0.1) is 0 Å². The molecule has 2 N–H and O–H groups in total. The topological polar surface area (TPSA) is 76.0 Å². The number of aliphatic hydroxyl groups is 2. The third kappa shape index (κ3) is 11.7. The number of carbonyl (C=O) groups excluding carboxylic acids is 1. The highest BCUT2D eigenvalue weighted by Gasteiger charge is 2.28. The molecule has 54 heavy (non-hydrogen) atoms. The van der Waals surface area contributed by atoms with Crippen LogP contribution in [0.3, 0.4) is 0 Å². The van der Waals surface area contributed by atoms with Crippen LogP contribution in [0.15, 0.2) is 91.0 Å². The van der Waals surface area contributed by atoms with Crippen molar-refractivity contribution in [3.63, 3.8) is 0 Å². The van der Waals surface area contributed by atoms with Crippen molar-refractivity contribution in [2.75, 3.05) is 26.4 Å². The van der Waals surface area contributed by atoms with Crippen LogP contribution in [-0.4, -0.2) is 42.6 Å². The molecule has 0 atom stereocenters. The van der Waals surface area contributed by atoms with Crippen LogP contribution in [0.2, 0.25) is 0 Å². The Morgan fingerprint density at radius 3 is 1.78 bits per heavy atom. The zero-order chi connectivity index (χ0) is 38.9. The number of aliphatic hydroxyl groups excluding tert-OH is 2. The smallest absolute Gasteiger partial charge is 0.333 e. The molecule has 0 unspecified atom stereocenters. The predicted octanol–water partition coefficient (Wildman–Crippen LogP) is 11.5. The molecule has 0 amide bonds. The number of hydrogen-bond donors (Lipinski definition) is 2. The molecule has 0 aliphatic rings. The summed E-state index contributed by atoms with van der Waals surface area (Å²) in [5.41, 5.74) is 12.2. The minimum absolute atomic E-state index is 0.0700. The predicted molar refractivity (Wildman–Crippen MR) is 225 cm³/mol. The Bertz CT molecular complexity index is 1780. The second-order valence-corrected chi connectivity index (χ2v) is 15.0. The van der Waals surface area contributed by atoms with Gasteiger partial charge in [-0.2, -0.15) is 0 Å². The van der Waals surface area contributed by atoms with Gasteiger partial charge in [0.1, 0.15) is 5.75 Å². The maximum absolute atomic E-state index is 12.0. The van der Waals surface area contributed by atoms with E-state index in [0.29, 0.717) is 38.0 Å². The number of rotatable bonds is 23. The summed E-state index contributed by atoms with van der Waals surface area (Å²) in [5, 5.41) is 20.3. The van der Waals surface area contributed by atoms with Crippen LogP contribution in [-0.2, 0) is 35.2 Å². The van der Waals surface area contributed by atoms with Crippen molar-refractivity contribution >= 4 is 5.97 Å². The summed E-state index contributed by atoms with van der Waals surface area (Å²) in [4.78, 5) is 12.0. The number of aryl methyl sites for hydroxylation is 4. The minimum atomic E-state index is -0.554. The fourth-order valence-electron chi connectivity index (χ4n) is 7.18. The number of hydrogen-bond acceptors (Lipinski definition) is 5. The summed E-state index contributed by atoms with van der Waals surface area (Å²) >= 11 is 0. The fourth-order valence-corrected chi connectivity index (χ4v) is 7.18. The molecule has 0 saturated carbocycles. The maximum Gasteiger partial charge on any atom is 0.333 e. The van der Waals surface area contributed by atoms with Gasteiger partial charge in [-0.25, -0.2) is 4.79 Å². The molecule has 0 heterocycles. The van der Waals surface area contributed by atoms with Gasteiger partial charge in [0.15, 0.2) is 0 Å². The SMILES string of the molecule is C=C(C)C(=O)OCCCc1cc(-c2ccc(-c3ccc(-c4ccc(CCCCC)cc4)c(CC)c3)cc2CC)ccc1OCCC(CO)(CO)CCCC. The largest absolute Gasteiger partial charge is 0.493 e. The Labute approximate surface area is 325 Å². The van der Waals surface area contributed by atoms with E-state index in [2.05, 4.69) is 107 Å². The second kappa shape index (κ2) is 21.6. The summed E-state index contributed by atoms with van der Waals surface area (Å²) < 4.78 is 11.8. The molecule has 0 aliphatic carbocycles. The van der Waals surface area contributed by atoms with E-state index in [4.69, 9.17) is 9.47 Å². The van der Waals surface area contributed by atoms with E-state index < -0.39 is 5.41 Å². The summed E-state index contributed by atoms with van der Waals surface area (Å²) in [6.07, 6.45) is 11.3. The van der Waals surface area contributed by atoms with E-state index in [0.717, 1.165) is 55.4 Å². The molecule has 4 aromatic rings. The van der Waals surface area contributed by atoms with Gasteiger partial charge < -0.3 is 19.7 Å². The number of ether oxygens (including phenoxy) is 2.